The number of nitrogens with one attached hydrogen (secondary N) is 1. The van der Waals surface area contributed by atoms with Gasteiger partial charge in [0.2, 0.25) is 0 Å². The molecule has 9 heteroatoms. The van der Waals surface area contributed by atoms with Crippen molar-refractivity contribution in [3.63, 3.8) is 0 Å². The average Bonchev–Trinajstić information content (AvgIpc) is 2.89. The number of halogens is 3. The molecule has 0 radical (unpaired) electrons. The van der Waals surface area contributed by atoms with Crippen LogP contribution >= 0.6 is 0 Å². The van der Waals surface area contributed by atoms with Crippen LogP contribution in [0.25, 0.3) is 0 Å². The second kappa shape index (κ2) is 6.67. The number of hydrogen-bond acceptors (Lipinski definition) is 4. The minimum atomic E-state index is -4.55. The fraction of sp³-hybridized carbons (Fsp3) is 0.357. The molecule has 2 rings (SSSR count). The first-order valence-electron chi connectivity index (χ1n) is 6.72. The highest BCUT2D eigenvalue weighted by Crippen LogP contribution is 2.36. The molecule has 0 fully saturated rings. The lowest BCUT2D eigenvalue weighted by atomic mass is 10.2. The number of ether oxygens (including phenoxy) is 1. The highest BCUT2D eigenvalue weighted by atomic mass is 19.4. The Balaban J connectivity index is 2.00. The molecule has 2 aromatic rings. The lowest BCUT2D eigenvalue weighted by Gasteiger charge is -2.18. The van der Waals surface area contributed by atoms with Gasteiger partial charge in [-0.15, -0.1) is 10.2 Å². The number of para-hydroxylation sites is 1. The van der Waals surface area contributed by atoms with Crippen LogP contribution < -0.4 is 10.1 Å². The second-order valence-electron chi connectivity index (χ2n) is 4.83. The van der Waals surface area contributed by atoms with Gasteiger partial charge in [0.05, 0.1) is 12.1 Å². The van der Waals surface area contributed by atoms with Crippen molar-refractivity contribution < 1.29 is 22.7 Å². The van der Waals surface area contributed by atoms with E-state index in [-0.39, 0.29) is 12.3 Å². The molecule has 124 valence electrons. The number of hydrogen-bond donors (Lipinski definition) is 1. The smallest absolute Gasteiger partial charge is 0.419 e. The van der Waals surface area contributed by atoms with Crippen molar-refractivity contribution in [1.82, 2.24) is 20.1 Å². The lowest BCUT2D eigenvalue weighted by Crippen LogP contribution is -2.36. The summed E-state index contributed by atoms with van der Waals surface area (Å²) in [6.45, 7) is 1.48. The fourth-order valence-corrected chi connectivity index (χ4v) is 1.82. The van der Waals surface area contributed by atoms with Gasteiger partial charge in [-0.25, -0.2) is 0 Å². The molecule has 23 heavy (non-hydrogen) atoms. The van der Waals surface area contributed by atoms with Gasteiger partial charge in [-0.3, -0.25) is 4.79 Å². The molecule has 1 amide bonds. The Morgan fingerprint density at radius 1 is 1.39 bits per heavy atom. The van der Waals surface area contributed by atoms with Crippen LogP contribution in [0.4, 0.5) is 13.2 Å². The molecule has 1 aromatic carbocycles. The van der Waals surface area contributed by atoms with Crippen molar-refractivity contribution in [1.29, 1.82) is 0 Å². The summed E-state index contributed by atoms with van der Waals surface area (Å²) in [5, 5.41) is 9.98. The predicted octanol–water partition coefficient (Wildman–Crippen LogP) is 1.92. The summed E-state index contributed by atoms with van der Waals surface area (Å²) in [6.07, 6.45) is -4.17. The Hall–Kier alpha value is -2.58. The average molecular weight is 328 g/mol. The van der Waals surface area contributed by atoms with E-state index in [0.717, 1.165) is 6.07 Å². The second-order valence-corrected chi connectivity index (χ2v) is 4.83. The van der Waals surface area contributed by atoms with Crippen molar-refractivity contribution in [3.05, 3.63) is 42.0 Å². The molecule has 1 atom stereocenters. The minimum absolute atomic E-state index is 0.101. The van der Waals surface area contributed by atoms with Gasteiger partial charge < -0.3 is 14.6 Å². The van der Waals surface area contributed by atoms with Crippen molar-refractivity contribution in [2.24, 2.45) is 7.05 Å². The van der Waals surface area contributed by atoms with E-state index >= 15 is 0 Å². The molecule has 0 unspecified atom stereocenters. The van der Waals surface area contributed by atoms with E-state index < -0.39 is 23.8 Å². The number of aryl methyl sites for hydroxylation is 1. The number of aromatic nitrogens is 3. The zero-order valence-electron chi connectivity index (χ0n) is 12.5. The molecule has 1 aromatic heterocycles. The van der Waals surface area contributed by atoms with Gasteiger partial charge >= 0.3 is 6.18 Å². The number of carbonyl (C=O) groups excluding carboxylic acids is 1. The molecule has 0 aliphatic carbocycles. The van der Waals surface area contributed by atoms with Crippen LogP contribution in [0.15, 0.2) is 30.6 Å². The van der Waals surface area contributed by atoms with Gasteiger partial charge in [-0.2, -0.15) is 13.2 Å². The number of rotatable bonds is 5. The lowest BCUT2D eigenvalue weighted by molar-refractivity contribution is -0.140. The maximum atomic E-state index is 12.9. The first-order chi connectivity index (χ1) is 10.8. The van der Waals surface area contributed by atoms with Crippen molar-refractivity contribution in [3.8, 4) is 5.75 Å². The molecule has 0 aliphatic heterocycles. The van der Waals surface area contributed by atoms with Gasteiger partial charge in [0.1, 0.15) is 12.1 Å². The van der Waals surface area contributed by atoms with Gasteiger partial charge in [-0.1, -0.05) is 12.1 Å². The van der Waals surface area contributed by atoms with Crippen LogP contribution in [0.3, 0.4) is 0 Å². The predicted molar refractivity (Wildman–Crippen MR) is 74.4 cm³/mol. The summed E-state index contributed by atoms with van der Waals surface area (Å²) in [5.41, 5.74) is -0.923. The molecule has 0 spiro atoms. The third kappa shape index (κ3) is 4.21. The summed E-state index contributed by atoms with van der Waals surface area (Å²) >= 11 is 0. The molecular weight excluding hydrogens is 313 g/mol. The van der Waals surface area contributed by atoms with Gasteiger partial charge in [-0.05, 0) is 19.1 Å². The molecule has 6 nitrogen and oxygen atoms in total. The maximum absolute atomic E-state index is 12.9. The molecule has 0 bridgehead atoms. The Morgan fingerprint density at radius 2 is 2.09 bits per heavy atom. The molecular formula is C14H15F3N4O2. The van der Waals surface area contributed by atoms with Crippen LogP contribution in [0.1, 0.15) is 18.3 Å². The normalized spacial score (nSPS) is 12.7. The Kier molecular flexibility index (Phi) is 4.87. The Morgan fingerprint density at radius 3 is 2.70 bits per heavy atom. The van der Waals surface area contributed by atoms with Crippen LogP contribution in [-0.2, 0) is 24.6 Å². The SMILES string of the molecule is C[C@@H](Oc1ccccc1C(F)(F)F)C(=O)NCc1nncn1C. The third-order valence-electron chi connectivity index (χ3n) is 3.09. The van der Waals surface area contributed by atoms with Gasteiger partial charge in [0.25, 0.3) is 5.91 Å². The van der Waals surface area contributed by atoms with E-state index in [0.29, 0.717) is 5.82 Å². The minimum Gasteiger partial charge on any atom is -0.480 e. The summed E-state index contributed by atoms with van der Waals surface area (Å²) < 4.78 is 45.4. The van der Waals surface area contributed by atoms with Crippen LogP contribution in [0.2, 0.25) is 0 Å². The quantitative estimate of drug-likeness (QED) is 0.910. The zero-order chi connectivity index (χ0) is 17.0. The van der Waals surface area contributed by atoms with E-state index in [2.05, 4.69) is 15.5 Å². The van der Waals surface area contributed by atoms with Crippen molar-refractivity contribution >= 4 is 5.91 Å². The van der Waals surface area contributed by atoms with Crippen LogP contribution in [0, 0.1) is 0 Å². The molecule has 0 saturated carbocycles. The number of alkyl halides is 3. The number of carbonyl (C=O) groups is 1. The zero-order valence-corrected chi connectivity index (χ0v) is 12.5. The van der Waals surface area contributed by atoms with Gasteiger partial charge in [0.15, 0.2) is 11.9 Å². The van der Waals surface area contributed by atoms with E-state index in [1.54, 1.807) is 11.6 Å². The van der Waals surface area contributed by atoms with E-state index in [1.165, 1.54) is 31.5 Å². The topological polar surface area (TPSA) is 69.0 Å². The van der Waals surface area contributed by atoms with E-state index in [9.17, 15) is 18.0 Å². The van der Waals surface area contributed by atoms with Crippen LogP contribution in [0.5, 0.6) is 5.75 Å². The summed E-state index contributed by atoms with van der Waals surface area (Å²) in [6, 6.07) is 4.75. The van der Waals surface area contributed by atoms with E-state index in [1.807, 2.05) is 0 Å². The maximum Gasteiger partial charge on any atom is 0.419 e. The largest absolute Gasteiger partial charge is 0.480 e. The molecule has 0 aliphatic rings. The molecule has 1 heterocycles. The standard InChI is InChI=1S/C14H15F3N4O2/c1-9(13(22)18-7-12-20-19-8-21(12)2)23-11-6-4-3-5-10(11)14(15,16)17/h3-6,8-9H,7H2,1-2H3,(H,18,22)/t9-/m1/s1. The number of benzene rings is 1. The summed E-state index contributed by atoms with van der Waals surface area (Å²) in [5.74, 6) is -0.424. The van der Waals surface area contributed by atoms with Crippen LogP contribution in [-0.4, -0.2) is 26.8 Å². The number of nitrogens with zero attached hydrogens (tertiary/aromatic N) is 3. The fourth-order valence-electron chi connectivity index (χ4n) is 1.82. The third-order valence-corrected chi connectivity index (χ3v) is 3.09. The Labute approximate surface area is 130 Å². The van der Waals surface area contributed by atoms with Crippen molar-refractivity contribution in [2.75, 3.05) is 0 Å². The Bertz CT molecular complexity index is 685. The molecule has 0 saturated heterocycles. The summed E-state index contributed by atoms with van der Waals surface area (Å²) in [7, 11) is 1.71. The number of amides is 1. The first kappa shape index (κ1) is 16.8. The van der Waals surface area contributed by atoms with Crippen molar-refractivity contribution in [2.45, 2.75) is 25.7 Å². The molecule has 1 N–H and O–H groups in total. The highest BCUT2D eigenvalue weighted by molar-refractivity contribution is 5.80. The summed E-state index contributed by atoms with van der Waals surface area (Å²) in [4.78, 5) is 11.9. The van der Waals surface area contributed by atoms with E-state index in [4.69, 9.17) is 4.74 Å². The monoisotopic (exact) mass is 328 g/mol. The highest BCUT2D eigenvalue weighted by Gasteiger charge is 2.34. The first-order valence-corrected chi connectivity index (χ1v) is 6.72. The van der Waals surface area contributed by atoms with Gasteiger partial charge in [0, 0.05) is 7.05 Å².